The lowest BCUT2D eigenvalue weighted by Gasteiger charge is -2.45. The number of nitrogens with zero attached hydrogens (tertiary/aromatic N) is 2. The molecule has 0 aliphatic carbocycles. The van der Waals surface area contributed by atoms with E-state index in [1.54, 1.807) is 0 Å². The van der Waals surface area contributed by atoms with Crippen LogP contribution in [0.1, 0.15) is 43.2 Å². The van der Waals surface area contributed by atoms with Gasteiger partial charge in [0.15, 0.2) is 0 Å². The fraction of sp³-hybridized carbons (Fsp3) is 0.696. The van der Waals surface area contributed by atoms with Crippen LogP contribution in [0.2, 0.25) is 0 Å². The van der Waals surface area contributed by atoms with Crippen LogP contribution in [0.5, 0.6) is 5.75 Å². The van der Waals surface area contributed by atoms with Crippen molar-refractivity contribution < 1.29 is 14.3 Å². The third kappa shape index (κ3) is 4.35. The van der Waals surface area contributed by atoms with Crippen LogP contribution in [0.4, 0.5) is 0 Å². The van der Waals surface area contributed by atoms with Gasteiger partial charge < -0.3 is 14.8 Å². The third-order valence-electron chi connectivity index (χ3n) is 7.02. The number of carbonyl (C=O) groups excluding carboxylic acids is 1. The predicted octanol–water partition coefficient (Wildman–Crippen LogP) is 1.46. The monoisotopic (exact) mass is 414 g/mol. The lowest BCUT2D eigenvalue weighted by atomic mass is 9.98. The molecule has 4 aliphatic heterocycles. The van der Waals surface area contributed by atoms with Crippen molar-refractivity contribution in [3.05, 3.63) is 29.3 Å². The van der Waals surface area contributed by atoms with Gasteiger partial charge in [-0.15, -0.1) is 0 Å². The van der Waals surface area contributed by atoms with Crippen LogP contribution in [-0.4, -0.2) is 73.7 Å². The van der Waals surface area contributed by atoms with Crippen LogP contribution < -0.4 is 15.4 Å². The Balaban J connectivity index is 1.34. The second-order valence-electron chi connectivity index (χ2n) is 8.95. The van der Waals surface area contributed by atoms with Gasteiger partial charge in [0.05, 0.1) is 32.4 Å². The standard InChI is InChI=1S/C23H34N4O3/c28-21-16-20(26-10-13-29-14-11-26)24-23(25-21)27-9-3-1-2-7-19(27)15-18-6-4-5-17-8-12-30-22(17)18/h4-6,19-20,23-24H,1-3,7-16H2,(H,25,28)/t19-,20?,23?/m1/s1. The summed E-state index contributed by atoms with van der Waals surface area (Å²) >= 11 is 0. The molecule has 1 amide bonds. The first kappa shape index (κ1) is 20.2. The molecular formula is C23H34N4O3. The molecule has 3 fully saturated rings. The van der Waals surface area contributed by atoms with E-state index < -0.39 is 0 Å². The normalized spacial score (nSPS) is 30.9. The molecule has 5 rings (SSSR count). The minimum Gasteiger partial charge on any atom is -0.493 e. The number of carbonyl (C=O) groups is 1. The molecule has 0 radical (unpaired) electrons. The number of nitrogens with one attached hydrogen (secondary N) is 2. The highest BCUT2D eigenvalue weighted by Gasteiger charge is 2.36. The van der Waals surface area contributed by atoms with Crippen molar-refractivity contribution in [2.75, 3.05) is 39.5 Å². The molecule has 4 aliphatic rings. The smallest absolute Gasteiger partial charge is 0.225 e. The van der Waals surface area contributed by atoms with Crippen LogP contribution in [0.15, 0.2) is 18.2 Å². The average molecular weight is 415 g/mol. The molecule has 0 saturated carbocycles. The Morgan fingerprint density at radius 2 is 1.97 bits per heavy atom. The first-order valence-electron chi connectivity index (χ1n) is 11.6. The highest BCUT2D eigenvalue weighted by Crippen LogP contribution is 2.32. The summed E-state index contributed by atoms with van der Waals surface area (Å²) in [6.07, 6.45) is 7.29. The maximum Gasteiger partial charge on any atom is 0.225 e. The first-order chi connectivity index (χ1) is 14.8. The molecule has 0 spiro atoms. The molecule has 1 aromatic carbocycles. The van der Waals surface area contributed by atoms with Crippen LogP contribution in [-0.2, 0) is 22.4 Å². The highest BCUT2D eigenvalue weighted by atomic mass is 16.5. The van der Waals surface area contributed by atoms with E-state index in [4.69, 9.17) is 9.47 Å². The van der Waals surface area contributed by atoms with Crippen LogP contribution in [0.3, 0.4) is 0 Å². The summed E-state index contributed by atoms with van der Waals surface area (Å²) in [4.78, 5) is 17.5. The van der Waals surface area contributed by atoms with Crippen molar-refractivity contribution in [2.45, 2.75) is 63.4 Å². The zero-order valence-electron chi connectivity index (χ0n) is 17.8. The molecule has 2 N–H and O–H groups in total. The summed E-state index contributed by atoms with van der Waals surface area (Å²) in [5.41, 5.74) is 2.65. The quantitative estimate of drug-likeness (QED) is 0.778. The number of morpholine rings is 1. The first-order valence-corrected chi connectivity index (χ1v) is 11.6. The Morgan fingerprint density at radius 1 is 1.07 bits per heavy atom. The molecule has 2 unspecified atom stereocenters. The molecule has 30 heavy (non-hydrogen) atoms. The molecule has 164 valence electrons. The summed E-state index contributed by atoms with van der Waals surface area (Å²) in [7, 11) is 0. The van der Waals surface area contributed by atoms with Crippen LogP contribution in [0.25, 0.3) is 0 Å². The second kappa shape index (κ2) is 9.22. The lowest BCUT2D eigenvalue weighted by molar-refractivity contribution is -0.131. The van der Waals surface area contributed by atoms with Crippen molar-refractivity contribution in [3.8, 4) is 5.75 Å². The fourth-order valence-electron chi connectivity index (χ4n) is 5.43. The molecule has 0 bridgehead atoms. The van der Waals surface area contributed by atoms with Crippen LogP contribution >= 0.6 is 0 Å². The van der Waals surface area contributed by atoms with E-state index in [0.717, 1.165) is 64.5 Å². The van der Waals surface area contributed by atoms with Gasteiger partial charge in [0.1, 0.15) is 12.0 Å². The fourth-order valence-corrected chi connectivity index (χ4v) is 5.43. The SMILES string of the molecule is O=C1CC(N2CCOCC2)NC(N2CCCCC[C@@H]2Cc2cccc3c2OCC3)N1. The number of ether oxygens (including phenoxy) is 2. The second-order valence-corrected chi connectivity index (χ2v) is 8.95. The molecular weight excluding hydrogens is 380 g/mol. The maximum atomic E-state index is 12.6. The number of rotatable bonds is 4. The number of likely N-dealkylation sites (tertiary alicyclic amines) is 1. The summed E-state index contributed by atoms with van der Waals surface area (Å²) in [6, 6.07) is 6.96. The van der Waals surface area contributed by atoms with E-state index in [-0.39, 0.29) is 18.4 Å². The van der Waals surface area contributed by atoms with Gasteiger partial charge in [0.25, 0.3) is 0 Å². The summed E-state index contributed by atoms with van der Waals surface area (Å²) < 4.78 is 11.5. The minimum absolute atomic E-state index is 0.0841. The summed E-state index contributed by atoms with van der Waals surface area (Å²) in [5.74, 6) is 1.25. The number of hydrogen-bond acceptors (Lipinski definition) is 6. The van der Waals surface area contributed by atoms with E-state index in [1.165, 1.54) is 30.4 Å². The van der Waals surface area contributed by atoms with Crippen molar-refractivity contribution >= 4 is 5.91 Å². The minimum atomic E-state index is -0.111. The van der Waals surface area contributed by atoms with Gasteiger partial charge in [0, 0.05) is 32.1 Å². The Hall–Kier alpha value is -1.67. The van der Waals surface area contributed by atoms with Crippen molar-refractivity contribution in [2.24, 2.45) is 0 Å². The van der Waals surface area contributed by atoms with Gasteiger partial charge in [-0.3, -0.25) is 19.9 Å². The van der Waals surface area contributed by atoms with Crippen molar-refractivity contribution in [1.82, 2.24) is 20.4 Å². The van der Waals surface area contributed by atoms with Crippen molar-refractivity contribution in [3.63, 3.8) is 0 Å². The van der Waals surface area contributed by atoms with E-state index in [9.17, 15) is 4.79 Å². The van der Waals surface area contributed by atoms with Crippen molar-refractivity contribution in [1.29, 1.82) is 0 Å². The molecule has 0 aromatic heterocycles. The highest BCUT2D eigenvalue weighted by molar-refractivity contribution is 5.77. The van der Waals surface area contributed by atoms with Gasteiger partial charge >= 0.3 is 0 Å². The maximum absolute atomic E-state index is 12.6. The molecule has 4 heterocycles. The number of fused-ring (bicyclic) bond motifs is 1. The van der Waals surface area contributed by atoms with E-state index in [2.05, 4.69) is 38.6 Å². The Morgan fingerprint density at radius 3 is 2.87 bits per heavy atom. The summed E-state index contributed by atoms with van der Waals surface area (Å²) in [5, 5.41) is 6.99. The van der Waals surface area contributed by atoms with E-state index >= 15 is 0 Å². The van der Waals surface area contributed by atoms with E-state index in [0.29, 0.717) is 12.5 Å². The number of para-hydroxylation sites is 1. The lowest BCUT2D eigenvalue weighted by Crippen LogP contribution is -2.69. The van der Waals surface area contributed by atoms with Gasteiger partial charge in [-0.2, -0.15) is 0 Å². The van der Waals surface area contributed by atoms with E-state index in [1.807, 2.05) is 0 Å². The van der Waals surface area contributed by atoms with Crippen LogP contribution in [0, 0.1) is 0 Å². The molecule has 7 nitrogen and oxygen atoms in total. The topological polar surface area (TPSA) is 66.1 Å². The zero-order valence-corrected chi connectivity index (χ0v) is 17.8. The van der Waals surface area contributed by atoms with Gasteiger partial charge in [-0.1, -0.05) is 31.0 Å². The van der Waals surface area contributed by atoms with Gasteiger partial charge in [-0.25, -0.2) is 0 Å². The number of hydrogen-bond donors (Lipinski definition) is 2. The molecule has 7 heteroatoms. The van der Waals surface area contributed by atoms with Gasteiger partial charge in [-0.05, 0) is 30.4 Å². The van der Waals surface area contributed by atoms with Gasteiger partial charge in [0.2, 0.25) is 5.91 Å². The zero-order chi connectivity index (χ0) is 20.3. The molecule has 1 aromatic rings. The third-order valence-corrected chi connectivity index (χ3v) is 7.02. The number of amides is 1. The largest absolute Gasteiger partial charge is 0.493 e. The number of benzene rings is 1. The molecule has 3 atom stereocenters. The summed E-state index contributed by atoms with van der Waals surface area (Å²) in [6.45, 7) is 5.06. The Kier molecular flexibility index (Phi) is 6.22. The average Bonchev–Trinajstić information content (AvgIpc) is 3.14. The Bertz CT molecular complexity index is 752. The molecule has 3 saturated heterocycles. The predicted molar refractivity (Wildman–Crippen MR) is 114 cm³/mol. The Labute approximate surface area is 179 Å².